The summed E-state index contributed by atoms with van der Waals surface area (Å²) in [6, 6.07) is 7.82. The molecule has 1 aliphatic rings. The molecule has 3 atom stereocenters. The van der Waals surface area contributed by atoms with Gasteiger partial charge < -0.3 is 14.5 Å². The SMILES string of the molecule is CNC(c1cc2cc(Cl)ccc2o1)C1OCCC1C. The Morgan fingerprint density at radius 2 is 2.21 bits per heavy atom. The number of nitrogens with one attached hydrogen (secondary N) is 1. The van der Waals surface area contributed by atoms with Crippen molar-refractivity contribution in [1.29, 1.82) is 0 Å². The van der Waals surface area contributed by atoms with Gasteiger partial charge in [0.2, 0.25) is 0 Å². The topological polar surface area (TPSA) is 34.4 Å². The van der Waals surface area contributed by atoms with Crippen molar-refractivity contribution in [2.75, 3.05) is 13.7 Å². The standard InChI is InChI=1S/C15H18ClNO2/c1-9-5-6-18-15(9)14(17-2)13-8-10-7-11(16)3-4-12(10)19-13/h3-4,7-9,14-15,17H,5-6H2,1-2H3. The summed E-state index contributed by atoms with van der Waals surface area (Å²) in [7, 11) is 1.94. The van der Waals surface area contributed by atoms with Gasteiger partial charge in [0.25, 0.3) is 0 Å². The predicted molar refractivity (Wildman–Crippen MR) is 76.5 cm³/mol. The van der Waals surface area contributed by atoms with Crippen LogP contribution in [0.1, 0.15) is 25.1 Å². The summed E-state index contributed by atoms with van der Waals surface area (Å²) in [4.78, 5) is 0. The van der Waals surface area contributed by atoms with Crippen molar-refractivity contribution in [3.8, 4) is 0 Å². The molecule has 0 amide bonds. The second-order valence-corrected chi connectivity index (χ2v) is 5.64. The highest BCUT2D eigenvalue weighted by atomic mass is 35.5. The van der Waals surface area contributed by atoms with Crippen LogP contribution in [-0.4, -0.2) is 19.8 Å². The monoisotopic (exact) mass is 279 g/mol. The number of likely N-dealkylation sites (N-methyl/N-ethyl adjacent to an activating group) is 1. The Hall–Kier alpha value is -1.03. The lowest BCUT2D eigenvalue weighted by Gasteiger charge is -2.23. The molecule has 0 saturated carbocycles. The molecule has 102 valence electrons. The van der Waals surface area contributed by atoms with E-state index in [4.69, 9.17) is 20.8 Å². The van der Waals surface area contributed by atoms with Crippen LogP contribution in [0, 0.1) is 5.92 Å². The Morgan fingerprint density at radius 1 is 1.37 bits per heavy atom. The summed E-state index contributed by atoms with van der Waals surface area (Å²) in [5.41, 5.74) is 0.866. The van der Waals surface area contributed by atoms with Crippen molar-refractivity contribution < 1.29 is 9.15 Å². The fraction of sp³-hybridized carbons (Fsp3) is 0.467. The third-order valence-electron chi connectivity index (χ3n) is 3.89. The Kier molecular flexibility index (Phi) is 3.52. The van der Waals surface area contributed by atoms with Gasteiger partial charge >= 0.3 is 0 Å². The zero-order valence-electron chi connectivity index (χ0n) is 11.2. The van der Waals surface area contributed by atoms with Gasteiger partial charge in [0, 0.05) is 17.0 Å². The number of benzene rings is 1. The van der Waals surface area contributed by atoms with Gasteiger partial charge in [0.15, 0.2) is 0 Å². The van der Waals surface area contributed by atoms with Crippen LogP contribution < -0.4 is 5.32 Å². The Bertz CT molecular complexity index is 581. The molecule has 3 unspecified atom stereocenters. The molecule has 19 heavy (non-hydrogen) atoms. The average molecular weight is 280 g/mol. The van der Waals surface area contributed by atoms with Gasteiger partial charge in [0.1, 0.15) is 11.3 Å². The minimum atomic E-state index is 0.0867. The second kappa shape index (κ2) is 5.16. The highest BCUT2D eigenvalue weighted by molar-refractivity contribution is 6.31. The maximum absolute atomic E-state index is 6.01. The van der Waals surface area contributed by atoms with Crippen LogP contribution in [-0.2, 0) is 4.74 Å². The summed E-state index contributed by atoms with van der Waals surface area (Å²) in [5, 5.41) is 5.08. The maximum atomic E-state index is 6.01. The van der Waals surface area contributed by atoms with Gasteiger partial charge in [-0.2, -0.15) is 0 Å². The van der Waals surface area contributed by atoms with E-state index in [1.54, 1.807) is 0 Å². The Morgan fingerprint density at radius 3 is 2.89 bits per heavy atom. The Balaban J connectivity index is 1.96. The molecule has 1 aliphatic heterocycles. The molecule has 1 aromatic carbocycles. The fourth-order valence-electron chi connectivity index (χ4n) is 2.80. The largest absolute Gasteiger partial charge is 0.459 e. The minimum Gasteiger partial charge on any atom is -0.459 e. The van der Waals surface area contributed by atoms with E-state index >= 15 is 0 Å². The molecule has 1 aromatic heterocycles. The molecule has 1 N–H and O–H groups in total. The van der Waals surface area contributed by atoms with Crippen LogP contribution in [0.25, 0.3) is 11.0 Å². The number of furan rings is 1. The summed E-state index contributed by atoms with van der Waals surface area (Å²) in [6.45, 7) is 3.05. The summed E-state index contributed by atoms with van der Waals surface area (Å²) in [5.74, 6) is 1.45. The molecule has 1 saturated heterocycles. The van der Waals surface area contributed by atoms with Crippen LogP contribution in [0.15, 0.2) is 28.7 Å². The van der Waals surface area contributed by atoms with Crippen LogP contribution in [0.4, 0.5) is 0 Å². The van der Waals surface area contributed by atoms with Gasteiger partial charge in [-0.05, 0) is 43.7 Å². The highest BCUT2D eigenvalue weighted by Gasteiger charge is 2.34. The lowest BCUT2D eigenvalue weighted by atomic mass is 9.96. The third kappa shape index (κ3) is 2.38. The van der Waals surface area contributed by atoms with E-state index in [1.807, 2.05) is 25.2 Å². The number of ether oxygens (including phenoxy) is 1. The lowest BCUT2D eigenvalue weighted by molar-refractivity contribution is 0.0569. The molecule has 3 rings (SSSR count). The van der Waals surface area contributed by atoms with Gasteiger partial charge in [-0.3, -0.25) is 0 Å². The number of rotatable bonds is 3. The van der Waals surface area contributed by atoms with Crippen molar-refractivity contribution in [2.24, 2.45) is 5.92 Å². The first-order valence-corrected chi connectivity index (χ1v) is 7.04. The minimum absolute atomic E-state index is 0.0867. The first kappa shape index (κ1) is 13.0. The number of hydrogen-bond acceptors (Lipinski definition) is 3. The quantitative estimate of drug-likeness (QED) is 0.929. The zero-order chi connectivity index (χ0) is 13.4. The van der Waals surface area contributed by atoms with E-state index in [0.717, 1.165) is 34.8 Å². The molecule has 0 aliphatic carbocycles. The average Bonchev–Trinajstić information content (AvgIpc) is 2.97. The molecule has 2 heterocycles. The summed E-state index contributed by atoms with van der Waals surface area (Å²) in [6.07, 6.45) is 1.27. The van der Waals surface area contributed by atoms with E-state index < -0.39 is 0 Å². The predicted octanol–water partition coefficient (Wildman–Crippen LogP) is 3.77. The summed E-state index contributed by atoms with van der Waals surface area (Å²) >= 11 is 6.01. The van der Waals surface area contributed by atoms with E-state index in [1.165, 1.54) is 0 Å². The van der Waals surface area contributed by atoms with Crippen molar-refractivity contribution in [3.63, 3.8) is 0 Å². The lowest BCUT2D eigenvalue weighted by Crippen LogP contribution is -2.32. The van der Waals surface area contributed by atoms with Crippen molar-refractivity contribution in [2.45, 2.75) is 25.5 Å². The second-order valence-electron chi connectivity index (χ2n) is 5.20. The van der Waals surface area contributed by atoms with Crippen LogP contribution in [0.3, 0.4) is 0 Å². The molecule has 3 nitrogen and oxygen atoms in total. The van der Waals surface area contributed by atoms with Crippen molar-refractivity contribution in [3.05, 3.63) is 35.0 Å². The maximum Gasteiger partial charge on any atom is 0.134 e. The number of fused-ring (bicyclic) bond motifs is 1. The van der Waals surface area contributed by atoms with E-state index in [2.05, 4.69) is 18.3 Å². The molecule has 0 bridgehead atoms. The first-order valence-electron chi connectivity index (χ1n) is 6.67. The van der Waals surface area contributed by atoms with Gasteiger partial charge in [-0.15, -0.1) is 0 Å². The number of halogens is 1. The summed E-state index contributed by atoms with van der Waals surface area (Å²) < 4.78 is 11.8. The fourth-order valence-corrected chi connectivity index (χ4v) is 2.98. The first-order chi connectivity index (χ1) is 9.19. The van der Waals surface area contributed by atoms with Gasteiger partial charge in [-0.25, -0.2) is 0 Å². The van der Waals surface area contributed by atoms with Crippen LogP contribution in [0.5, 0.6) is 0 Å². The molecular formula is C15H18ClNO2. The number of hydrogen-bond donors (Lipinski definition) is 1. The van der Waals surface area contributed by atoms with Crippen LogP contribution >= 0.6 is 11.6 Å². The zero-order valence-corrected chi connectivity index (χ0v) is 11.9. The van der Waals surface area contributed by atoms with Crippen molar-refractivity contribution in [1.82, 2.24) is 5.32 Å². The van der Waals surface area contributed by atoms with E-state index in [9.17, 15) is 0 Å². The normalized spacial score (nSPS) is 25.0. The smallest absolute Gasteiger partial charge is 0.134 e. The van der Waals surface area contributed by atoms with Gasteiger partial charge in [0.05, 0.1) is 12.1 Å². The molecular weight excluding hydrogens is 262 g/mol. The highest BCUT2D eigenvalue weighted by Crippen LogP contribution is 2.34. The van der Waals surface area contributed by atoms with Crippen molar-refractivity contribution >= 4 is 22.6 Å². The molecule has 0 spiro atoms. The van der Waals surface area contributed by atoms with Gasteiger partial charge in [-0.1, -0.05) is 18.5 Å². The van der Waals surface area contributed by atoms with E-state index in [-0.39, 0.29) is 12.1 Å². The van der Waals surface area contributed by atoms with Crippen LogP contribution in [0.2, 0.25) is 5.02 Å². The molecule has 4 heteroatoms. The molecule has 2 aromatic rings. The molecule has 1 fully saturated rings. The van der Waals surface area contributed by atoms with E-state index in [0.29, 0.717) is 5.92 Å². The molecule has 0 radical (unpaired) electrons. The third-order valence-corrected chi connectivity index (χ3v) is 4.12. The Labute approximate surface area is 117 Å².